The lowest BCUT2D eigenvalue weighted by atomic mass is 10.0. The molecule has 3 aromatic rings. The number of nitrogens with zero attached hydrogens (tertiary/aromatic N) is 2. The van der Waals surface area contributed by atoms with Gasteiger partial charge in [-0.25, -0.2) is 9.78 Å². The van der Waals surface area contributed by atoms with Crippen LogP contribution < -0.4 is 15.8 Å². The average Bonchev–Trinajstić information content (AvgIpc) is 2.77. The molecule has 3 rings (SSSR count). The number of aliphatic carboxylic acids is 2. The van der Waals surface area contributed by atoms with E-state index in [2.05, 4.69) is 15.3 Å². The molecule has 34 heavy (non-hydrogen) atoms. The molecule has 0 saturated carbocycles. The van der Waals surface area contributed by atoms with Gasteiger partial charge in [0.15, 0.2) is 0 Å². The molecule has 0 aliphatic rings. The Morgan fingerprint density at radius 1 is 1.12 bits per heavy atom. The fourth-order valence-electron chi connectivity index (χ4n) is 3.60. The molecule has 2 aromatic carbocycles. The van der Waals surface area contributed by atoms with Crippen molar-refractivity contribution >= 4 is 34.4 Å². The Morgan fingerprint density at radius 2 is 1.79 bits per heavy atom. The van der Waals surface area contributed by atoms with Crippen molar-refractivity contribution in [3.05, 3.63) is 69.3 Å². The SMILES string of the molecule is Cc1nc2cc(C)c(CN(C)c3ccc(C(=O)NC(CCC(=O)O)C(=O)O)cc3)cc2c(=O)[nH]1. The summed E-state index contributed by atoms with van der Waals surface area (Å²) in [7, 11) is 1.88. The number of benzene rings is 2. The smallest absolute Gasteiger partial charge is 0.326 e. The first kappa shape index (κ1) is 24.4. The summed E-state index contributed by atoms with van der Waals surface area (Å²) in [5.74, 6) is -2.46. The summed E-state index contributed by atoms with van der Waals surface area (Å²) < 4.78 is 0. The van der Waals surface area contributed by atoms with E-state index in [1.807, 2.05) is 31.0 Å². The second-order valence-corrected chi connectivity index (χ2v) is 8.15. The molecule has 178 valence electrons. The zero-order valence-electron chi connectivity index (χ0n) is 19.1. The van der Waals surface area contributed by atoms with Gasteiger partial charge in [-0.1, -0.05) is 0 Å². The van der Waals surface area contributed by atoms with Crippen molar-refractivity contribution in [2.45, 2.75) is 39.3 Å². The highest BCUT2D eigenvalue weighted by Gasteiger charge is 2.21. The summed E-state index contributed by atoms with van der Waals surface area (Å²) in [6.45, 7) is 4.20. The van der Waals surface area contributed by atoms with E-state index in [1.165, 1.54) is 0 Å². The van der Waals surface area contributed by atoms with Crippen molar-refractivity contribution in [1.29, 1.82) is 0 Å². The van der Waals surface area contributed by atoms with E-state index in [-0.39, 0.29) is 24.0 Å². The lowest BCUT2D eigenvalue weighted by Crippen LogP contribution is -2.41. The van der Waals surface area contributed by atoms with Crippen molar-refractivity contribution in [2.75, 3.05) is 11.9 Å². The summed E-state index contributed by atoms with van der Waals surface area (Å²) in [5, 5.41) is 20.8. The molecule has 10 nitrogen and oxygen atoms in total. The van der Waals surface area contributed by atoms with E-state index in [4.69, 9.17) is 5.11 Å². The molecule has 1 atom stereocenters. The molecule has 0 fully saturated rings. The third kappa shape index (κ3) is 5.77. The molecule has 0 aliphatic carbocycles. The highest BCUT2D eigenvalue weighted by Crippen LogP contribution is 2.21. The number of carboxylic acids is 2. The number of nitrogens with one attached hydrogen (secondary N) is 2. The maximum Gasteiger partial charge on any atom is 0.326 e. The van der Waals surface area contributed by atoms with Gasteiger partial charge >= 0.3 is 11.9 Å². The summed E-state index contributed by atoms with van der Waals surface area (Å²) >= 11 is 0. The van der Waals surface area contributed by atoms with Crippen molar-refractivity contribution in [1.82, 2.24) is 15.3 Å². The molecule has 1 unspecified atom stereocenters. The van der Waals surface area contributed by atoms with Crippen LogP contribution >= 0.6 is 0 Å². The molecule has 0 bridgehead atoms. The number of aryl methyl sites for hydroxylation is 2. The normalized spacial score (nSPS) is 11.7. The largest absolute Gasteiger partial charge is 0.481 e. The van der Waals surface area contributed by atoms with Gasteiger partial charge in [0.1, 0.15) is 11.9 Å². The van der Waals surface area contributed by atoms with Gasteiger partial charge in [-0.15, -0.1) is 0 Å². The molecule has 0 spiro atoms. The Hall–Kier alpha value is -4.21. The van der Waals surface area contributed by atoms with Gasteiger partial charge in [0.25, 0.3) is 11.5 Å². The predicted octanol–water partition coefficient (Wildman–Crippen LogP) is 2.22. The Kier molecular flexibility index (Phi) is 7.30. The van der Waals surface area contributed by atoms with Crippen molar-refractivity contribution in [2.24, 2.45) is 0 Å². The highest BCUT2D eigenvalue weighted by atomic mass is 16.4. The Balaban J connectivity index is 1.72. The number of aromatic nitrogens is 2. The topological polar surface area (TPSA) is 153 Å². The van der Waals surface area contributed by atoms with Crippen LogP contribution in [0.3, 0.4) is 0 Å². The number of H-pyrrole nitrogens is 1. The monoisotopic (exact) mass is 466 g/mol. The molecule has 1 heterocycles. The van der Waals surface area contributed by atoms with Crippen LogP contribution in [0, 0.1) is 13.8 Å². The van der Waals surface area contributed by atoms with Crippen molar-refractivity contribution < 1.29 is 24.6 Å². The second kappa shape index (κ2) is 10.2. The van der Waals surface area contributed by atoms with E-state index < -0.39 is 23.9 Å². The third-order valence-corrected chi connectivity index (χ3v) is 5.51. The summed E-state index contributed by atoms with van der Waals surface area (Å²) in [6, 6.07) is 9.04. The van der Waals surface area contributed by atoms with Gasteiger partial charge in [-0.2, -0.15) is 0 Å². The molecule has 0 aliphatic heterocycles. The van der Waals surface area contributed by atoms with Crippen LogP contribution in [0.25, 0.3) is 10.9 Å². The number of carbonyl (C=O) groups is 3. The molecule has 4 N–H and O–H groups in total. The van der Waals surface area contributed by atoms with Crippen LogP contribution in [0.4, 0.5) is 5.69 Å². The maximum absolute atomic E-state index is 12.4. The predicted molar refractivity (Wildman–Crippen MR) is 126 cm³/mol. The minimum atomic E-state index is -1.29. The van der Waals surface area contributed by atoms with Crippen LogP contribution in [0.5, 0.6) is 0 Å². The van der Waals surface area contributed by atoms with Crippen LogP contribution in [0.1, 0.15) is 40.2 Å². The number of carbonyl (C=O) groups excluding carboxylic acids is 1. The van der Waals surface area contributed by atoms with E-state index in [9.17, 15) is 24.3 Å². The molecule has 0 radical (unpaired) electrons. The van der Waals surface area contributed by atoms with E-state index in [0.29, 0.717) is 23.3 Å². The number of hydrogen-bond donors (Lipinski definition) is 4. The van der Waals surface area contributed by atoms with Gasteiger partial charge < -0.3 is 25.4 Å². The summed E-state index contributed by atoms with van der Waals surface area (Å²) in [6.07, 6.45) is -0.572. The highest BCUT2D eigenvalue weighted by molar-refractivity contribution is 5.97. The standard InChI is InChI=1S/C24H26N4O6/c1-13-10-20-18(23(32)26-14(2)25-20)11-16(13)12-28(3)17-6-4-15(5-7-17)22(31)27-19(24(33)34)8-9-21(29)30/h4-7,10-11,19H,8-9,12H2,1-3H3,(H,27,31)(H,29,30)(H,33,34)(H,25,26,32). The Labute approximate surface area is 195 Å². The number of hydrogen-bond acceptors (Lipinski definition) is 6. The second-order valence-electron chi connectivity index (χ2n) is 8.15. The zero-order valence-corrected chi connectivity index (χ0v) is 19.1. The molecular weight excluding hydrogens is 440 g/mol. The fraction of sp³-hybridized carbons (Fsp3) is 0.292. The minimum absolute atomic E-state index is 0.190. The van der Waals surface area contributed by atoms with Crippen LogP contribution in [0.15, 0.2) is 41.2 Å². The van der Waals surface area contributed by atoms with Crippen molar-refractivity contribution in [3.8, 4) is 0 Å². The minimum Gasteiger partial charge on any atom is -0.481 e. The fourth-order valence-corrected chi connectivity index (χ4v) is 3.60. The summed E-state index contributed by atoms with van der Waals surface area (Å²) in [5.41, 5.74) is 3.47. The Bertz CT molecular complexity index is 1300. The van der Waals surface area contributed by atoms with Gasteiger partial charge in [-0.05, 0) is 67.8 Å². The number of aromatic amines is 1. The maximum atomic E-state index is 12.4. The van der Waals surface area contributed by atoms with E-state index in [0.717, 1.165) is 16.8 Å². The third-order valence-electron chi connectivity index (χ3n) is 5.51. The molecular formula is C24H26N4O6. The Morgan fingerprint density at radius 3 is 2.41 bits per heavy atom. The summed E-state index contributed by atoms with van der Waals surface area (Å²) in [4.78, 5) is 55.8. The average molecular weight is 466 g/mol. The number of amides is 1. The lowest BCUT2D eigenvalue weighted by Gasteiger charge is -2.21. The van der Waals surface area contributed by atoms with Crippen LogP contribution in [0.2, 0.25) is 0 Å². The van der Waals surface area contributed by atoms with Gasteiger partial charge in [-0.3, -0.25) is 14.4 Å². The first-order chi connectivity index (χ1) is 16.0. The first-order valence-corrected chi connectivity index (χ1v) is 10.6. The molecule has 0 saturated heterocycles. The van der Waals surface area contributed by atoms with Crippen LogP contribution in [-0.4, -0.2) is 51.1 Å². The number of rotatable bonds is 9. The lowest BCUT2D eigenvalue weighted by molar-refractivity contribution is -0.140. The van der Waals surface area contributed by atoms with E-state index >= 15 is 0 Å². The van der Waals surface area contributed by atoms with Gasteiger partial charge in [0.2, 0.25) is 0 Å². The van der Waals surface area contributed by atoms with Crippen molar-refractivity contribution in [3.63, 3.8) is 0 Å². The molecule has 1 aromatic heterocycles. The van der Waals surface area contributed by atoms with Gasteiger partial charge in [0, 0.05) is 31.3 Å². The quantitative estimate of drug-likeness (QED) is 0.374. The first-order valence-electron chi connectivity index (χ1n) is 10.6. The zero-order chi connectivity index (χ0) is 25.0. The van der Waals surface area contributed by atoms with Gasteiger partial charge in [0.05, 0.1) is 10.9 Å². The number of fused-ring (bicyclic) bond motifs is 1. The number of anilines is 1. The number of carboxylic acid groups (broad SMARTS) is 2. The van der Waals surface area contributed by atoms with Crippen LogP contribution in [-0.2, 0) is 16.1 Å². The molecule has 1 amide bonds. The molecule has 10 heteroatoms. The van der Waals surface area contributed by atoms with E-state index in [1.54, 1.807) is 31.2 Å².